The molecule has 2 heterocycles. The molecule has 25 heavy (non-hydrogen) atoms. The van der Waals surface area contributed by atoms with Crippen LogP contribution >= 0.6 is 11.9 Å². The fourth-order valence-corrected chi connectivity index (χ4v) is 3.36. The topological polar surface area (TPSA) is 56.8 Å². The summed E-state index contributed by atoms with van der Waals surface area (Å²) in [6.07, 6.45) is 3.48. The summed E-state index contributed by atoms with van der Waals surface area (Å²) in [5.41, 5.74) is 4.43. The van der Waals surface area contributed by atoms with Crippen LogP contribution in [0.25, 0.3) is 10.9 Å². The van der Waals surface area contributed by atoms with Crippen molar-refractivity contribution in [1.82, 2.24) is 20.0 Å². The van der Waals surface area contributed by atoms with E-state index in [-0.39, 0.29) is 20.1 Å². The van der Waals surface area contributed by atoms with Gasteiger partial charge in [0.1, 0.15) is 0 Å². The average Bonchev–Trinajstić information content (AvgIpc) is 3.23. The molecule has 0 aliphatic carbocycles. The van der Waals surface area contributed by atoms with Crippen molar-refractivity contribution in [3.05, 3.63) is 72.2 Å². The Morgan fingerprint density at radius 1 is 1.12 bits per heavy atom. The Labute approximate surface area is 163 Å². The zero-order chi connectivity index (χ0) is 16.4. The van der Waals surface area contributed by atoms with E-state index in [2.05, 4.69) is 62.1 Å². The number of fused-ring (bicyclic) bond motifs is 1. The first-order chi connectivity index (χ1) is 11.8. The van der Waals surface area contributed by atoms with Crippen molar-refractivity contribution in [2.45, 2.75) is 18.4 Å². The van der Waals surface area contributed by atoms with E-state index in [0.29, 0.717) is 0 Å². The van der Waals surface area contributed by atoms with E-state index in [4.69, 9.17) is 5.10 Å². The largest absolute Gasteiger partial charge is 0.581 e. The van der Waals surface area contributed by atoms with E-state index < -0.39 is 0 Å². The molecule has 1 N–H and O–H groups in total. The van der Waals surface area contributed by atoms with Crippen LogP contribution < -0.4 is 9.82 Å². The van der Waals surface area contributed by atoms with Gasteiger partial charge in [0.2, 0.25) is 0 Å². The summed E-state index contributed by atoms with van der Waals surface area (Å²) in [4.78, 5) is 0.987. The van der Waals surface area contributed by atoms with Crippen LogP contribution in [0.3, 0.4) is 0 Å². The monoisotopic (exact) mass is 527 g/mol. The van der Waals surface area contributed by atoms with Gasteiger partial charge in [0.05, 0.1) is 23.4 Å². The maximum absolute atomic E-state index is 4.73. The first-order valence-electron chi connectivity index (χ1n) is 7.67. The number of anilines is 1. The fraction of sp³-hybridized carbons (Fsp3) is 0.111. The molecule has 0 fully saturated rings. The van der Waals surface area contributed by atoms with Gasteiger partial charge in [-0.2, -0.15) is 5.10 Å². The summed E-state index contributed by atoms with van der Waals surface area (Å²) in [6.45, 7) is 2.81. The molecule has 2 aromatic heterocycles. The van der Waals surface area contributed by atoms with Gasteiger partial charge in [-0.3, -0.25) is 4.68 Å². The van der Waals surface area contributed by atoms with Crippen molar-refractivity contribution in [3.8, 4) is 0 Å². The second-order valence-corrected chi connectivity index (χ2v) is 6.40. The predicted molar refractivity (Wildman–Crippen MR) is 97.1 cm³/mol. The van der Waals surface area contributed by atoms with Crippen molar-refractivity contribution in [3.63, 3.8) is 0 Å². The SMILES string of the molecule is Cc1nn(Cc2ccccc2)c2cccc(NSc3cn[n-]c3)c12.[Ir]. The standard InChI is InChI=1S/C18H16N5S.Ir/c1-13-18-16(22-24-15-10-19-20-11-15)8-5-9-17(18)23(21-13)12-14-6-3-2-4-7-14;/h2-11,22H,12H2,1H3;/q-1;. The summed E-state index contributed by atoms with van der Waals surface area (Å²) in [5, 5.41) is 13.6. The van der Waals surface area contributed by atoms with Crippen molar-refractivity contribution in [2.75, 3.05) is 4.72 Å². The first kappa shape index (κ1) is 17.7. The van der Waals surface area contributed by atoms with Crippen LogP contribution in [0.15, 0.2) is 65.8 Å². The van der Waals surface area contributed by atoms with E-state index in [0.717, 1.165) is 33.7 Å². The number of benzene rings is 2. The molecule has 2 aromatic carbocycles. The van der Waals surface area contributed by atoms with Gasteiger partial charge < -0.3 is 14.9 Å². The van der Waals surface area contributed by atoms with Crippen molar-refractivity contribution in [1.29, 1.82) is 0 Å². The minimum atomic E-state index is 0. The van der Waals surface area contributed by atoms with E-state index in [1.165, 1.54) is 17.5 Å². The van der Waals surface area contributed by atoms with Crippen LogP contribution in [-0.4, -0.2) is 14.9 Å². The maximum Gasteiger partial charge on any atom is 0.0710 e. The summed E-state index contributed by atoms with van der Waals surface area (Å²) >= 11 is 1.50. The molecule has 0 aliphatic heterocycles. The summed E-state index contributed by atoms with van der Waals surface area (Å²) < 4.78 is 5.45. The Morgan fingerprint density at radius 2 is 1.96 bits per heavy atom. The van der Waals surface area contributed by atoms with Gasteiger partial charge in [0.15, 0.2) is 0 Å². The fourth-order valence-electron chi connectivity index (χ4n) is 2.76. The van der Waals surface area contributed by atoms with Gasteiger partial charge in [-0.05, 0) is 36.6 Å². The molecule has 4 aromatic rings. The van der Waals surface area contributed by atoms with Gasteiger partial charge in [-0.1, -0.05) is 36.4 Å². The first-order valence-corrected chi connectivity index (χ1v) is 8.49. The molecule has 0 aliphatic rings. The molecule has 0 spiro atoms. The van der Waals surface area contributed by atoms with E-state index in [9.17, 15) is 0 Å². The van der Waals surface area contributed by atoms with Crippen LogP contribution in [0, 0.1) is 6.92 Å². The molecule has 5 nitrogen and oxygen atoms in total. The van der Waals surface area contributed by atoms with Gasteiger partial charge in [0, 0.05) is 36.6 Å². The quantitative estimate of drug-likeness (QED) is 0.401. The predicted octanol–water partition coefficient (Wildman–Crippen LogP) is 3.86. The second-order valence-electron chi connectivity index (χ2n) is 5.52. The second kappa shape index (κ2) is 7.87. The molecule has 4 rings (SSSR count). The Morgan fingerprint density at radius 3 is 2.72 bits per heavy atom. The van der Waals surface area contributed by atoms with E-state index >= 15 is 0 Å². The van der Waals surface area contributed by atoms with Gasteiger partial charge in [-0.15, -0.1) is 6.20 Å². The molecular formula is C18H16IrN5S-. The zero-order valence-corrected chi connectivity index (χ0v) is 16.7. The van der Waals surface area contributed by atoms with Crippen LogP contribution in [0.5, 0.6) is 0 Å². The number of nitrogens with zero attached hydrogens (tertiary/aromatic N) is 4. The molecule has 0 bridgehead atoms. The molecule has 1 radical (unpaired) electrons. The zero-order valence-electron chi connectivity index (χ0n) is 13.5. The van der Waals surface area contributed by atoms with Crippen LogP contribution in [0.4, 0.5) is 5.69 Å². The van der Waals surface area contributed by atoms with Crippen molar-refractivity contribution < 1.29 is 20.1 Å². The minimum absolute atomic E-state index is 0. The van der Waals surface area contributed by atoms with Gasteiger partial charge in [0.25, 0.3) is 0 Å². The summed E-state index contributed by atoms with van der Waals surface area (Å²) in [5.74, 6) is 0. The summed E-state index contributed by atoms with van der Waals surface area (Å²) in [6, 6.07) is 16.6. The third-order valence-corrected chi connectivity index (χ3v) is 4.61. The Balaban J connectivity index is 0.00000182. The molecule has 129 valence electrons. The van der Waals surface area contributed by atoms with Crippen LogP contribution in [0.2, 0.25) is 0 Å². The van der Waals surface area contributed by atoms with Crippen LogP contribution in [0.1, 0.15) is 11.3 Å². The number of hydrogen-bond donors (Lipinski definition) is 1. The molecule has 0 saturated heterocycles. The molecule has 0 atom stereocenters. The smallest absolute Gasteiger partial charge is 0.0710 e. The molecular weight excluding hydrogens is 511 g/mol. The van der Waals surface area contributed by atoms with Crippen molar-refractivity contribution >= 4 is 28.5 Å². The van der Waals surface area contributed by atoms with E-state index in [1.54, 1.807) is 12.4 Å². The number of aryl methyl sites for hydroxylation is 1. The number of aromatic nitrogens is 4. The molecule has 0 saturated carbocycles. The molecule has 0 amide bonds. The minimum Gasteiger partial charge on any atom is -0.581 e. The van der Waals surface area contributed by atoms with Crippen molar-refractivity contribution in [2.24, 2.45) is 0 Å². The van der Waals surface area contributed by atoms with E-state index in [1.807, 2.05) is 13.0 Å². The van der Waals surface area contributed by atoms with Crippen LogP contribution in [-0.2, 0) is 26.7 Å². The Hall–Kier alpha value is -2.08. The third kappa shape index (κ3) is 3.79. The normalized spacial score (nSPS) is 10.6. The number of nitrogens with one attached hydrogen (secondary N) is 1. The maximum atomic E-state index is 4.73. The number of rotatable bonds is 5. The Kier molecular flexibility index (Phi) is 5.58. The summed E-state index contributed by atoms with van der Waals surface area (Å²) in [7, 11) is 0. The molecule has 7 heteroatoms. The van der Waals surface area contributed by atoms with Gasteiger partial charge >= 0.3 is 0 Å². The third-order valence-electron chi connectivity index (χ3n) is 3.84. The Bertz CT molecular complexity index is 950. The average molecular weight is 527 g/mol. The number of hydrogen-bond acceptors (Lipinski definition) is 4. The van der Waals surface area contributed by atoms with Gasteiger partial charge in [-0.25, -0.2) is 0 Å². The molecule has 0 unspecified atom stereocenters.